The van der Waals surface area contributed by atoms with Gasteiger partial charge in [0.25, 0.3) is 5.91 Å². The first-order valence-corrected chi connectivity index (χ1v) is 12.5. The maximum absolute atomic E-state index is 13.1. The number of amides is 2. The number of hydrogen-bond acceptors (Lipinski definition) is 6. The zero-order valence-corrected chi connectivity index (χ0v) is 19.4. The van der Waals surface area contributed by atoms with Crippen molar-refractivity contribution in [2.45, 2.75) is 25.7 Å². The second kappa shape index (κ2) is 10.7. The molecule has 0 saturated carbocycles. The molecule has 33 heavy (non-hydrogen) atoms. The molecule has 2 aromatic carbocycles. The van der Waals surface area contributed by atoms with Crippen molar-refractivity contribution in [3.8, 4) is 0 Å². The van der Waals surface area contributed by atoms with Gasteiger partial charge < -0.3 is 21.1 Å². The maximum atomic E-state index is 13.1. The minimum absolute atomic E-state index is 0.0214. The van der Waals surface area contributed by atoms with E-state index in [2.05, 4.69) is 10.0 Å². The SMILES string of the molecule is Cc1ccc(C(=O)N2CCC(c3ccc(N)cc3)CC2)cc1NS(=O)(=O)CC(=O)NCCO. The number of nitrogen functional groups attached to an aromatic ring is 1. The van der Waals surface area contributed by atoms with E-state index in [1.807, 2.05) is 24.3 Å². The first-order valence-electron chi connectivity index (χ1n) is 10.8. The first kappa shape index (κ1) is 24.5. The summed E-state index contributed by atoms with van der Waals surface area (Å²) in [5.74, 6) is -1.28. The van der Waals surface area contributed by atoms with Crippen LogP contribution in [0.1, 0.15) is 40.2 Å². The number of aliphatic hydroxyl groups excluding tert-OH is 1. The molecule has 0 atom stereocenters. The van der Waals surface area contributed by atoms with E-state index in [9.17, 15) is 18.0 Å². The van der Waals surface area contributed by atoms with Gasteiger partial charge in [-0.15, -0.1) is 0 Å². The highest BCUT2D eigenvalue weighted by Gasteiger charge is 2.25. The minimum atomic E-state index is -3.97. The van der Waals surface area contributed by atoms with Gasteiger partial charge in [-0.05, 0) is 61.1 Å². The molecule has 5 N–H and O–H groups in total. The van der Waals surface area contributed by atoms with Crippen LogP contribution in [0.4, 0.5) is 11.4 Å². The molecule has 0 aromatic heterocycles. The second-order valence-corrected chi connectivity index (χ2v) is 9.92. The topological polar surface area (TPSA) is 142 Å². The van der Waals surface area contributed by atoms with Crippen LogP contribution < -0.4 is 15.8 Å². The molecule has 0 unspecified atom stereocenters. The number of anilines is 2. The predicted octanol–water partition coefficient (Wildman–Crippen LogP) is 1.45. The van der Waals surface area contributed by atoms with Crippen molar-refractivity contribution in [1.82, 2.24) is 10.2 Å². The Balaban J connectivity index is 1.64. The number of nitrogens with two attached hydrogens (primary N) is 1. The standard InChI is InChI=1S/C23H30N4O5S/c1-16-2-3-19(14-21(16)26-33(31,32)15-22(29)25-10-13-28)23(30)27-11-8-18(9-12-27)17-4-6-20(24)7-5-17/h2-7,14,18,26,28H,8-13,15,24H2,1H3,(H,25,29). The normalized spacial score (nSPS) is 14.7. The lowest BCUT2D eigenvalue weighted by molar-refractivity contribution is -0.118. The molecule has 10 heteroatoms. The Morgan fingerprint density at radius 1 is 1.12 bits per heavy atom. The number of hydrogen-bond donors (Lipinski definition) is 4. The molecule has 1 aliphatic heterocycles. The maximum Gasteiger partial charge on any atom is 0.253 e. The van der Waals surface area contributed by atoms with Gasteiger partial charge >= 0.3 is 0 Å². The Labute approximate surface area is 194 Å². The van der Waals surface area contributed by atoms with Crippen LogP contribution in [-0.4, -0.2) is 62.2 Å². The number of carbonyl (C=O) groups excluding carboxylic acids is 2. The molecule has 178 valence electrons. The number of aryl methyl sites for hydroxylation is 1. The third-order valence-electron chi connectivity index (χ3n) is 5.70. The number of benzene rings is 2. The lowest BCUT2D eigenvalue weighted by atomic mass is 9.89. The lowest BCUT2D eigenvalue weighted by Gasteiger charge is -2.32. The fourth-order valence-corrected chi connectivity index (χ4v) is 4.93. The van der Waals surface area contributed by atoms with Crippen molar-refractivity contribution in [3.05, 3.63) is 59.2 Å². The summed E-state index contributed by atoms with van der Waals surface area (Å²) in [7, 11) is -3.97. The van der Waals surface area contributed by atoms with Gasteiger partial charge in [-0.25, -0.2) is 8.42 Å². The number of rotatable bonds is 8. The smallest absolute Gasteiger partial charge is 0.253 e. The van der Waals surface area contributed by atoms with Gasteiger partial charge in [0.05, 0.1) is 12.3 Å². The average Bonchev–Trinajstić information content (AvgIpc) is 2.79. The van der Waals surface area contributed by atoms with E-state index >= 15 is 0 Å². The fourth-order valence-electron chi connectivity index (χ4n) is 3.85. The third-order valence-corrected chi connectivity index (χ3v) is 6.87. The number of aliphatic hydroxyl groups is 1. The van der Waals surface area contributed by atoms with Crippen LogP contribution in [0.15, 0.2) is 42.5 Å². The van der Waals surface area contributed by atoms with Crippen LogP contribution in [0.3, 0.4) is 0 Å². The van der Waals surface area contributed by atoms with E-state index in [0.717, 1.165) is 18.5 Å². The van der Waals surface area contributed by atoms with Gasteiger partial charge in [-0.3, -0.25) is 14.3 Å². The van der Waals surface area contributed by atoms with Crippen molar-refractivity contribution < 1.29 is 23.1 Å². The summed E-state index contributed by atoms with van der Waals surface area (Å²) in [6.07, 6.45) is 1.67. The van der Waals surface area contributed by atoms with Crippen molar-refractivity contribution in [3.63, 3.8) is 0 Å². The molecule has 2 aromatic rings. The average molecular weight is 475 g/mol. The molecule has 1 heterocycles. The van der Waals surface area contributed by atoms with E-state index < -0.39 is 21.7 Å². The molecule has 0 radical (unpaired) electrons. The van der Waals surface area contributed by atoms with Crippen molar-refractivity contribution in [2.24, 2.45) is 0 Å². The van der Waals surface area contributed by atoms with E-state index in [0.29, 0.717) is 30.1 Å². The van der Waals surface area contributed by atoms with Gasteiger partial charge in [-0.1, -0.05) is 18.2 Å². The summed E-state index contributed by atoms with van der Waals surface area (Å²) in [5.41, 5.74) is 8.97. The Morgan fingerprint density at radius 3 is 2.42 bits per heavy atom. The van der Waals surface area contributed by atoms with Gasteiger partial charge in [-0.2, -0.15) is 0 Å². The molecule has 1 fully saturated rings. The molecule has 9 nitrogen and oxygen atoms in total. The van der Waals surface area contributed by atoms with E-state index in [1.54, 1.807) is 24.0 Å². The lowest BCUT2D eigenvalue weighted by Crippen LogP contribution is -2.38. The number of carbonyl (C=O) groups is 2. The molecule has 0 bridgehead atoms. The third kappa shape index (κ3) is 6.69. The Hall–Kier alpha value is -3.11. The van der Waals surface area contributed by atoms with E-state index in [-0.39, 0.29) is 24.7 Å². The molecular formula is C23H30N4O5S. The quantitative estimate of drug-likeness (QED) is 0.427. The van der Waals surface area contributed by atoms with Crippen LogP contribution in [0.2, 0.25) is 0 Å². The van der Waals surface area contributed by atoms with Gasteiger partial charge in [0.15, 0.2) is 0 Å². The highest BCUT2D eigenvalue weighted by Crippen LogP contribution is 2.29. The first-order chi connectivity index (χ1) is 15.7. The molecule has 3 rings (SSSR count). The summed E-state index contributed by atoms with van der Waals surface area (Å²) in [6, 6.07) is 12.7. The number of nitrogens with one attached hydrogen (secondary N) is 2. The van der Waals surface area contributed by atoms with Gasteiger partial charge in [0.1, 0.15) is 5.75 Å². The number of likely N-dealkylation sites (tertiary alicyclic amines) is 1. The monoisotopic (exact) mass is 474 g/mol. The highest BCUT2D eigenvalue weighted by molar-refractivity contribution is 7.93. The minimum Gasteiger partial charge on any atom is -0.399 e. The molecule has 2 amide bonds. The summed E-state index contributed by atoms with van der Waals surface area (Å²) in [5, 5.41) is 11.0. The van der Waals surface area contributed by atoms with Gasteiger partial charge in [0.2, 0.25) is 15.9 Å². The van der Waals surface area contributed by atoms with E-state index in [1.165, 1.54) is 11.6 Å². The van der Waals surface area contributed by atoms with Crippen molar-refractivity contribution in [1.29, 1.82) is 0 Å². The fraction of sp³-hybridized carbons (Fsp3) is 0.391. The summed E-state index contributed by atoms with van der Waals surface area (Å²) < 4.78 is 27.1. The van der Waals surface area contributed by atoms with Crippen molar-refractivity contribution in [2.75, 3.05) is 42.4 Å². The number of sulfonamides is 1. The molecule has 1 saturated heterocycles. The summed E-state index contributed by atoms with van der Waals surface area (Å²) in [4.78, 5) is 26.5. The summed E-state index contributed by atoms with van der Waals surface area (Å²) >= 11 is 0. The van der Waals surface area contributed by atoms with E-state index in [4.69, 9.17) is 10.8 Å². The van der Waals surface area contributed by atoms with Crippen LogP contribution in [0, 0.1) is 6.92 Å². The highest BCUT2D eigenvalue weighted by atomic mass is 32.2. The van der Waals surface area contributed by atoms with Gasteiger partial charge in [0, 0.05) is 30.9 Å². The van der Waals surface area contributed by atoms with Crippen LogP contribution in [0.5, 0.6) is 0 Å². The molecule has 0 spiro atoms. The largest absolute Gasteiger partial charge is 0.399 e. The zero-order chi connectivity index (χ0) is 24.0. The predicted molar refractivity (Wildman–Crippen MR) is 127 cm³/mol. The van der Waals surface area contributed by atoms with Crippen LogP contribution in [-0.2, 0) is 14.8 Å². The van der Waals surface area contributed by atoms with Crippen LogP contribution >= 0.6 is 0 Å². The Kier molecular flexibility index (Phi) is 7.93. The summed E-state index contributed by atoms with van der Waals surface area (Å²) in [6.45, 7) is 2.63. The molecule has 1 aliphatic rings. The molecule has 0 aliphatic carbocycles. The van der Waals surface area contributed by atoms with Crippen LogP contribution in [0.25, 0.3) is 0 Å². The number of piperidine rings is 1. The Bertz CT molecular complexity index is 1090. The zero-order valence-electron chi connectivity index (χ0n) is 18.6. The number of nitrogens with zero attached hydrogens (tertiary/aromatic N) is 1. The van der Waals surface area contributed by atoms with Crippen molar-refractivity contribution >= 4 is 33.2 Å². The second-order valence-electron chi connectivity index (χ2n) is 8.20. The Morgan fingerprint density at radius 2 is 1.79 bits per heavy atom. The molecular weight excluding hydrogens is 444 g/mol.